The molecule has 0 saturated carbocycles. The van der Waals surface area contributed by atoms with Gasteiger partial charge in [-0.15, -0.1) is 0 Å². The Morgan fingerprint density at radius 2 is 1.90 bits per heavy atom. The molecule has 30 heavy (non-hydrogen) atoms. The second kappa shape index (κ2) is 10.1. The van der Waals surface area contributed by atoms with Gasteiger partial charge in [-0.25, -0.2) is 0 Å². The van der Waals surface area contributed by atoms with Gasteiger partial charge in [-0.05, 0) is 64.8 Å². The van der Waals surface area contributed by atoms with Crippen LogP contribution in [-0.4, -0.2) is 12.5 Å². The molecule has 1 N–H and O–H groups in total. The highest BCUT2D eigenvalue weighted by Crippen LogP contribution is 2.29. The molecule has 3 rings (SSSR count). The molecular weight excluding hydrogens is 464 g/mol. The Morgan fingerprint density at radius 1 is 1.17 bits per heavy atom. The standard InChI is InChI=1S/C24H18BrClN2O2/c1-16-6-9-19(10-7-16)28-24(29)15-30-23-11-8-17(13-21(23)25)12-18(14-27)20-4-2-3-5-22(20)26/h2-13H,15H2,1H3,(H,28,29). The van der Waals surface area contributed by atoms with Crippen molar-refractivity contribution in [3.63, 3.8) is 0 Å². The largest absolute Gasteiger partial charge is 0.483 e. The second-order valence-electron chi connectivity index (χ2n) is 6.54. The lowest BCUT2D eigenvalue weighted by Gasteiger charge is -2.10. The summed E-state index contributed by atoms with van der Waals surface area (Å²) in [6.07, 6.45) is 1.75. The first kappa shape index (κ1) is 21.6. The van der Waals surface area contributed by atoms with E-state index in [0.717, 1.165) is 16.8 Å². The molecule has 3 aromatic rings. The van der Waals surface area contributed by atoms with Crippen molar-refractivity contribution < 1.29 is 9.53 Å². The van der Waals surface area contributed by atoms with Gasteiger partial charge in [0.2, 0.25) is 0 Å². The molecular formula is C24H18BrClN2O2. The van der Waals surface area contributed by atoms with E-state index >= 15 is 0 Å². The third kappa shape index (κ3) is 5.73. The SMILES string of the molecule is Cc1ccc(NC(=O)COc2ccc(C=C(C#N)c3ccccc3Cl)cc2Br)cc1. The Labute approximate surface area is 188 Å². The lowest BCUT2D eigenvalue weighted by Crippen LogP contribution is -2.20. The molecule has 3 aromatic carbocycles. The Balaban J connectivity index is 1.67. The molecule has 4 nitrogen and oxygen atoms in total. The lowest BCUT2D eigenvalue weighted by molar-refractivity contribution is -0.118. The van der Waals surface area contributed by atoms with E-state index in [1.54, 1.807) is 24.3 Å². The number of amides is 1. The van der Waals surface area contributed by atoms with Crippen molar-refractivity contribution in [3.8, 4) is 11.8 Å². The van der Waals surface area contributed by atoms with Crippen LogP contribution in [0.2, 0.25) is 5.02 Å². The predicted octanol–water partition coefficient (Wildman–Crippen LogP) is 6.49. The van der Waals surface area contributed by atoms with Crippen LogP contribution >= 0.6 is 27.5 Å². The van der Waals surface area contributed by atoms with Gasteiger partial charge in [-0.3, -0.25) is 4.79 Å². The first-order chi connectivity index (χ1) is 14.5. The molecule has 0 unspecified atom stereocenters. The van der Waals surface area contributed by atoms with E-state index in [1.807, 2.05) is 55.5 Å². The van der Waals surface area contributed by atoms with E-state index in [2.05, 4.69) is 27.3 Å². The van der Waals surface area contributed by atoms with Crippen LogP contribution in [0.4, 0.5) is 5.69 Å². The lowest BCUT2D eigenvalue weighted by atomic mass is 10.0. The number of allylic oxidation sites excluding steroid dienone is 1. The fraction of sp³-hybridized carbons (Fsp3) is 0.0833. The van der Waals surface area contributed by atoms with Crippen molar-refractivity contribution in [2.75, 3.05) is 11.9 Å². The molecule has 0 bridgehead atoms. The van der Waals surface area contributed by atoms with Gasteiger partial charge in [-0.1, -0.05) is 53.6 Å². The van der Waals surface area contributed by atoms with Gasteiger partial charge in [0.05, 0.1) is 16.1 Å². The number of nitrogens with zero attached hydrogens (tertiary/aromatic N) is 1. The van der Waals surface area contributed by atoms with Crippen LogP contribution < -0.4 is 10.1 Å². The highest BCUT2D eigenvalue weighted by Gasteiger charge is 2.09. The molecule has 0 aliphatic carbocycles. The van der Waals surface area contributed by atoms with Crippen LogP contribution in [0.5, 0.6) is 5.75 Å². The average Bonchev–Trinajstić information content (AvgIpc) is 2.73. The number of nitrogens with one attached hydrogen (secondary N) is 1. The minimum Gasteiger partial charge on any atom is -0.483 e. The molecule has 0 radical (unpaired) electrons. The summed E-state index contributed by atoms with van der Waals surface area (Å²) >= 11 is 9.66. The highest BCUT2D eigenvalue weighted by atomic mass is 79.9. The molecule has 6 heteroatoms. The Hall–Kier alpha value is -3.07. The zero-order valence-corrected chi connectivity index (χ0v) is 18.5. The predicted molar refractivity (Wildman–Crippen MR) is 124 cm³/mol. The number of hydrogen-bond acceptors (Lipinski definition) is 3. The third-order valence-electron chi connectivity index (χ3n) is 4.25. The number of carbonyl (C=O) groups excluding carboxylic acids is 1. The van der Waals surface area contributed by atoms with Gasteiger partial charge in [-0.2, -0.15) is 5.26 Å². The van der Waals surface area contributed by atoms with Crippen LogP contribution in [-0.2, 0) is 4.79 Å². The van der Waals surface area contributed by atoms with Crippen molar-refractivity contribution in [1.29, 1.82) is 5.26 Å². The minimum atomic E-state index is -0.250. The summed E-state index contributed by atoms with van der Waals surface area (Å²) in [5, 5.41) is 12.8. The van der Waals surface area contributed by atoms with Gasteiger partial charge in [0.1, 0.15) is 5.75 Å². The van der Waals surface area contributed by atoms with Crippen molar-refractivity contribution in [3.05, 3.63) is 92.9 Å². The molecule has 0 heterocycles. The highest BCUT2D eigenvalue weighted by molar-refractivity contribution is 9.10. The van der Waals surface area contributed by atoms with Crippen molar-refractivity contribution in [1.82, 2.24) is 0 Å². The van der Waals surface area contributed by atoms with E-state index in [4.69, 9.17) is 16.3 Å². The van der Waals surface area contributed by atoms with E-state index in [1.165, 1.54) is 0 Å². The fourth-order valence-electron chi connectivity index (χ4n) is 2.72. The molecule has 0 aliphatic heterocycles. The second-order valence-corrected chi connectivity index (χ2v) is 7.80. The van der Waals surface area contributed by atoms with Crippen molar-refractivity contribution >= 4 is 50.8 Å². The Kier molecular flexibility index (Phi) is 7.29. The van der Waals surface area contributed by atoms with E-state index in [9.17, 15) is 10.1 Å². The van der Waals surface area contributed by atoms with E-state index < -0.39 is 0 Å². The van der Waals surface area contributed by atoms with E-state index in [-0.39, 0.29) is 12.5 Å². The van der Waals surface area contributed by atoms with Gasteiger partial charge >= 0.3 is 0 Å². The first-order valence-corrected chi connectivity index (χ1v) is 10.3. The Morgan fingerprint density at radius 3 is 2.57 bits per heavy atom. The summed E-state index contributed by atoms with van der Waals surface area (Å²) in [5.41, 5.74) is 3.77. The van der Waals surface area contributed by atoms with Gasteiger partial charge in [0.15, 0.2) is 6.61 Å². The van der Waals surface area contributed by atoms with Crippen molar-refractivity contribution in [2.45, 2.75) is 6.92 Å². The Bertz CT molecular complexity index is 1130. The van der Waals surface area contributed by atoms with Crippen LogP contribution in [0.1, 0.15) is 16.7 Å². The number of benzene rings is 3. The number of aryl methyl sites for hydroxylation is 1. The number of rotatable bonds is 6. The normalized spacial score (nSPS) is 10.9. The molecule has 150 valence electrons. The zero-order chi connectivity index (χ0) is 21.5. The van der Waals surface area contributed by atoms with Crippen LogP contribution in [0.25, 0.3) is 11.6 Å². The monoisotopic (exact) mass is 480 g/mol. The number of nitriles is 1. The van der Waals surface area contributed by atoms with Crippen LogP contribution in [0, 0.1) is 18.3 Å². The average molecular weight is 482 g/mol. The first-order valence-electron chi connectivity index (χ1n) is 9.12. The summed E-state index contributed by atoms with van der Waals surface area (Å²) in [6.45, 7) is 1.86. The molecule has 1 amide bonds. The van der Waals surface area contributed by atoms with Gasteiger partial charge in [0, 0.05) is 16.3 Å². The van der Waals surface area contributed by atoms with Gasteiger partial charge < -0.3 is 10.1 Å². The number of hydrogen-bond donors (Lipinski definition) is 1. The summed E-state index contributed by atoms with van der Waals surface area (Å²) in [7, 11) is 0. The molecule has 0 atom stereocenters. The van der Waals surface area contributed by atoms with Crippen LogP contribution in [0.3, 0.4) is 0 Å². The molecule has 0 fully saturated rings. The summed E-state index contributed by atoms with van der Waals surface area (Å²) < 4.78 is 6.30. The molecule has 0 spiro atoms. The number of ether oxygens (including phenoxy) is 1. The van der Waals surface area contributed by atoms with Crippen LogP contribution in [0.15, 0.2) is 71.2 Å². The molecule has 0 aromatic heterocycles. The summed E-state index contributed by atoms with van der Waals surface area (Å²) in [6, 6.07) is 22.3. The quantitative estimate of drug-likeness (QED) is 0.323. The third-order valence-corrected chi connectivity index (χ3v) is 5.19. The number of halogens is 2. The topological polar surface area (TPSA) is 62.1 Å². The maximum Gasteiger partial charge on any atom is 0.262 e. The fourth-order valence-corrected chi connectivity index (χ4v) is 3.47. The van der Waals surface area contributed by atoms with Gasteiger partial charge in [0.25, 0.3) is 5.91 Å². The molecule has 0 saturated heterocycles. The smallest absolute Gasteiger partial charge is 0.262 e. The maximum atomic E-state index is 12.1. The summed E-state index contributed by atoms with van der Waals surface area (Å²) in [4.78, 5) is 12.1. The minimum absolute atomic E-state index is 0.120. The van der Waals surface area contributed by atoms with Crippen molar-refractivity contribution in [2.24, 2.45) is 0 Å². The molecule has 0 aliphatic rings. The maximum absolute atomic E-state index is 12.1. The number of anilines is 1. The number of carbonyl (C=O) groups is 1. The zero-order valence-electron chi connectivity index (χ0n) is 16.2. The summed E-state index contributed by atoms with van der Waals surface area (Å²) in [5.74, 6) is 0.280. The van der Waals surface area contributed by atoms with E-state index in [0.29, 0.717) is 26.4 Å².